The van der Waals surface area contributed by atoms with Crippen LogP contribution in [0.4, 0.5) is 4.39 Å². The first-order valence-electron chi connectivity index (χ1n) is 6.79. The van der Waals surface area contributed by atoms with Gasteiger partial charge >= 0.3 is 0 Å². The Balaban J connectivity index is 1.99. The predicted molar refractivity (Wildman–Crippen MR) is 67.4 cm³/mol. The number of rotatable bonds is 1. The van der Waals surface area contributed by atoms with Gasteiger partial charge in [0.15, 0.2) is 0 Å². The van der Waals surface area contributed by atoms with Gasteiger partial charge in [-0.3, -0.25) is 0 Å². The van der Waals surface area contributed by atoms with Crippen LogP contribution in [0.25, 0.3) is 0 Å². The molecule has 2 N–H and O–H groups in total. The number of halogens is 1. The van der Waals surface area contributed by atoms with E-state index in [2.05, 4.69) is 0 Å². The van der Waals surface area contributed by atoms with E-state index in [4.69, 9.17) is 5.73 Å². The molecule has 0 bridgehead atoms. The third-order valence-corrected chi connectivity index (χ3v) is 4.58. The molecule has 0 aromatic heterocycles. The van der Waals surface area contributed by atoms with Crippen LogP contribution in [0.2, 0.25) is 0 Å². The molecule has 0 radical (unpaired) electrons. The monoisotopic (exact) mass is 233 g/mol. The van der Waals surface area contributed by atoms with Crippen LogP contribution in [0.15, 0.2) is 18.2 Å². The first-order valence-corrected chi connectivity index (χ1v) is 6.79. The topological polar surface area (TPSA) is 26.0 Å². The van der Waals surface area contributed by atoms with Crippen molar-refractivity contribution in [3.8, 4) is 0 Å². The maximum absolute atomic E-state index is 13.4. The van der Waals surface area contributed by atoms with Gasteiger partial charge in [-0.15, -0.1) is 0 Å². The smallest absolute Gasteiger partial charge is 0.123 e. The molecule has 0 heterocycles. The lowest BCUT2D eigenvalue weighted by atomic mass is 9.72. The highest BCUT2D eigenvalue weighted by atomic mass is 19.1. The minimum Gasteiger partial charge on any atom is -0.327 e. The Morgan fingerprint density at radius 1 is 1.12 bits per heavy atom. The first-order chi connectivity index (χ1) is 8.25. The molecule has 1 aromatic carbocycles. The molecule has 0 saturated heterocycles. The van der Waals surface area contributed by atoms with Crippen molar-refractivity contribution in [3.05, 3.63) is 35.1 Å². The van der Waals surface area contributed by atoms with E-state index in [1.165, 1.54) is 36.8 Å². The molecule has 17 heavy (non-hydrogen) atoms. The van der Waals surface area contributed by atoms with Crippen molar-refractivity contribution in [2.45, 2.75) is 50.5 Å². The van der Waals surface area contributed by atoms with E-state index in [-0.39, 0.29) is 11.9 Å². The van der Waals surface area contributed by atoms with E-state index < -0.39 is 0 Å². The molecule has 2 heteroatoms. The van der Waals surface area contributed by atoms with Gasteiger partial charge in [-0.05, 0) is 54.9 Å². The summed E-state index contributed by atoms with van der Waals surface area (Å²) >= 11 is 0. The number of aryl methyl sites for hydroxylation is 1. The lowest BCUT2D eigenvalue weighted by molar-refractivity contribution is 0.343. The highest BCUT2D eigenvalue weighted by Gasteiger charge is 2.34. The highest BCUT2D eigenvalue weighted by molar-refractivity contribution is 5.35. The molecule has 0 spiro atoms. The van der Waals surface area contributed by atoms with Crippen LogP contribution in [-0.4, -0.2) is 6.04 Å². The molecule has 2 aliphatic rings. The lowest BCUT2D eigenvalue weighted by Crippen LogP contribution is -2.36. The van der Waals surface area contributed by atoms with Crippen LogP contribution >= 0.6 is 0 Å². The molecule has 1 nitrogen and oxygen atoms in total. The Hall–Kier alpha value is -0.890. The van der Waals surface area contributed by atoms with E-state index in [0.29, 0.717) is 11.8 Å². The maximum atomic E-state index is 13.4. The summed E-state index contributed by atoms with van der Waals surface area (Å²) in [6, 6.07) is 5.50. The van der Waals surface area contributed by atoms with E-state index in [0.717, 1.165) is 12.8 Å². The summed E-state index contributed by atoms with van der Waals surface area (Å²) < 4.78 is 13.4. The van der Waals surface area contributed by atoms with Crippen LogP contribution in [0, 0.1) is 11.7 Å². The SMILES string of the molecule is NC1CCc2ccc(F)cc2C1C1CCCC1. The maximum Gasteiger partial charge on any atom is 0.123 e. The Bertz CT molecular complexity index is 409. The zero-order valence-electron chi connectivity index (χ0n) is 10.2. The van der Waals surface area contributed by atoms with Crippen molar-refractivity contribution in [1.29, 1.82) is 0 Å². The molecule has 2 aliphatic carbocycles. The standard InChI is InChI=1S/C15H20FN/c16-12-7-5-10-6-8-14(17)15(13(10)9-12)11-3-1-2-4-11/h5,7,9,11,14-15H,1-4,6,8,17H2. The average Bonchev–Trinajstić information content (AvgIpc) is 2.82. The molecule has 0 aliphatic heterocycles. The zero-order chi connectivity index (χ0) is 11.8. The van der Waals surface area contributed by atoms with E-state index >= 15 is 0 Å². The molecule has 3 rings (SSSR count). The van der Waals surface area contributed by atoms with Crippen LogP contribution in [-0.2, 0) is 6.42 Å². The number of fused-ring (bicyclic) bond motifs is 1. The number of benzene rings is 1. The quantitative estimate of drug-likeness (QED) is 0.790. The van der Waals surface area contributed by atoms with Crippen molar-refractivity contribution in [2.24, 2.45) is 11.7 Å². The van der Waals surface area contributed by atoms with E-state index in [1.54, 1.807) is 12.1 Å². The Labute approximate surface area is 102 Å². The summed E-state index contributed by atoms with van der Waals surface area (Å²) in [4.78, 5) is 0. The number of hydrogen-bond donors (Lipinski definition) is 1. The highest BCUT2D eigenvalue weighted by Crippen LogP contribution is 2.43. The summed E-state index contributed by atoms with van der Waals surface area (Å²) in [5.41, 5.74) is 8.83. The molecule has 92 valence electrons. The fourth-order valence-electron chi connectivity index (χ4n) is 3.76. The van der Waals surface area contributed by atoms with Gasteiger partial charge in [0, 0.05) is 12.0 Å². The molecule has 0 amide bonds. The van der Waals surface area contributed by atoms with Crippen LogP contribution < -0.4 is 5.73 Å². The van der Waals surface area contributed by atoms with Gasteiger partial charge in [-0.2, -0.15) is 0 Å². The first kappa shape index (κ1) is 11.2. The van der Waals surface area contributed by atoms with Gasteiger partial charge in [0.05, 0.1) is 0 Å². The Kier molecular flexibility index (Phi) is 2.91. The van der Waals surface area contributed by atoms with Gasteiger partial charge in [-0.25, -0.2) is 4.39 Å². The summed E-state index contributed by atoms with van der Waals surface area (Å²) in [7, 11) is 0. The second-order valence-corrected chi connectivity index (χ2v) is 5.62. The molecule has 1 fully saturated rings. The van der Waals surface area contributed by atoms with Crippen molar-refractivity contribution in [2.75, 3.05) is 0 Å². The van der Waals surface area contributed by atoms with E-state index in [9.17, 15) is 4.39 Å². The summed E-state index contributed by atoms with van der Waals surface area (Å²) in [6.07, 6.45) is 7.25. The van der Waals surface area contributed by atoms with Gasteiger partial charge in [0.1, 0.15) is 5.82 Å². The Morgan fingerprint density at radius 2 is 1.88 bits per heavy atom. The van der Waals surface area contributed by atoms with Gasteiger partial charge in [0.2, 0.25) is 0 Å². The van der Waals surface area contributed by atoms with Crippen molar-refractivity contribution < 1.29 is 4.39 Å². The molecular formula is C15H20FN. The second kappa shape index (κ2) is 4.41. The van der Waals surface area contributed by atoms with Gasteiger partial charge in [0.25, 0.3) is 0 Å². The average molecular weight is 233 g/mol. The largest absolute Gasteiger partial charge is 0.327 e. The third-order valence-electron chi connectivity index (χ3n) is 4.58. The fourth-order valence-corrected chi connectivity index (χ4v) is 3.76. The molecular weight excluding hydrogens is 213 g/mol. The number of hydrogen-bond acceptors (Lipinski definition) is 1. The van der Waals surface area contributed by atoms with E-state index in [1.807, 2.05) is 6.07 Å². The molecule has 2 unspecified atom stereocenters. The van der Waals surface area contributed by atoms with Crippen molar-refractivity contribution in [3.63, 3.8) is 0 Å². The normalized spacial score (nSPS) is 29.3. The van der Waals surface area contributed by atoms with Crippen molar-refractivity contribution in [1.82, 2.24) is 0 Å². The van der Waals surface area contributed by atoms with Crippen LogP contribution in [0.1, 0.15) is 49.1 Å². The summed E-state index contributed by atoms with van der Waals surface area (Å²) in [5.74, 6) is 0.976. The lowest BCUT2D eigenvalue weighted by Gasteiger charge is -2.35. The number of nitrogens with two attached hydrogens (primary N) is 1. The van der Waals surface area contributed by atoms with Crippen LogP contribution in [0.3, 0.4) is 0 Å². The molecule has 1 aromatic rings. The predicted octanol–water partition coefficient (Wildman–Crippen LogP) is 3.37. The van der Waals surface area contributed by atoms with Gasteiger partial charge in [-0.1, -0.05) is 18.9 Å². The van der Waals surface area contributed by atoms with Gasteiger partial charge < -0.3 is 5.73 Å². The minimum atomic E-state index is -0.110. The van der Waals surface area contributed by atoms with Crippen LogP contribution in [0.5, 0.6) is 0 Å². The summed E-state index contributed by atoms with van der Waals surface area (Å²) in [6.45, 7) is 0. The molecule has 1 saturated carbocycles. The third kappa shape index (κ3) is 1.99. The Morgan fingerprint density at radius 3 is 2.65 bits per heavy atom. The molecule has 2 atom stereocenters. The van der Waals surface area contributed by atoms with Crippen molar-refractivity contribution >= 4 is 0 Å². The second-order valence-electron chi connectivity index (χ2n) is 5.62. The summed E-state index contributed by atoms with van der Waals surface area (Å²) in [5, 5.41) is 0. The minimum absolute atomic E-state index is 0.110. The zero-order valence-corrected chi connectivity index (χ0v) is 10.2. The fraction of sp³-hybridized carbons (Fsp3) is 0.600.